The first-order chi connectivity index (χ1) is 10.6. The number of hydrogen-bond acceptors (Lipinski definition) is 2. The van der Waals surface area contributed by atoms with Gasteiger partial charge in [0.05, 0.1) is 30.3 Å². The number of pyridine rings is 1. The van der Waals surface area contributed by atoms with Gasteiger partial charge < -0.3 is 0 Å². The van der Waals surface area contributed by atoms with Crippen molar-refractivity contribution in [3.8, 4) is 22.5 Å². The molecule has 2 aromatic heterocycles. The Labute approximate surface area is 130 Å². The van der Waals surface area contributed by atoms with Crippen molar-refractivity contribution in [3.05, 3.63) is 65.2 Å². The summed E-state index contributed by atoms with van der Waals surface area (Å²) in [7, 11) is 2.11. The molecule has 1 aliphatic rings. The monoisotopic (exact) mass is 288 g/mol. The van der Waals surface area contributed by atoms with Crippen molar-refractivity contribution in [1.29, 1.82) is 0 Å². The summed E-state index contributed by atoms with van der Waals surface area (Å²) in [4.78, 5) is 9.26. The van der Waals surface area contributed by atoms with Gasteiger partial charge in [-0.15, -0.1) is 0 Å². The van der Waals surface area contributed by atoms with Crippen LogP contribution in [0, 0.1) is 13.8 Å². The average molecular weight is 288 g/mol. The van der Waals surface area contributed by atoms with E-state index in [0.717, 1.165) is 17.9 Å². The Morgan fingerprint density at radius 2 is 1.86 bits per heavy atom. The third-order valence-electron chi connectivity index (χ3n) is 4.50. The Balaban J connectivity index is 1.92. The van der Waals surface area contributed by atoms with Crippen molar-refractivity contribution in [2.75, 3.05) is 0 Å². The van der Waals surface area contributed by atoms with Gasteiger partial charge in [0.1, 0.15) is 5.69 Å². The quantitative estimate of drug-likeness (QED) is 0.504. The van der Waals surface area contributed by atoms with Crippen LogP contribution in [0.4, 0.5) is 0 Å². The van der Waals surface area contributed by atoms with Gasteiger partial charge in [0, 0.05) is 11.8 Å². The number of fused-ring (bicyclic) bond motifs is 3. The van der Waals surface area contributed by atoms with Crippen molar-refractivity contribution < 1.29 is 4.57 Å². The Morgan fingerprint density at radius 1 is 1.00 bits per heavy atom. The Morgan fingerprint density at radius 3 is 2.73 bits per heavy atom. The van der Waals surface area contributed by atoms with Crippen LogP contribution in [0.5, 0.6) is 0 Å². The summed E-state index contributed by atoms with van der Waals surface area (Å²) in [5.41, 5.74) is 8.57. The Kier molecular flexibility index (Phi) is 2.83. The Bertz CT molecular complexity index is 897. The maximum atomic E-state index is 4.76. The van der Waals surface area contributed by atoms with Gasteiger partial charge >= 0.3 is 5.82 Å². The highest BCUT2D eigenvalue weighted by Gasteiger charge is 2.29. The van der Waals surface area contributed by atoms with E-state index in [9.17, 15) is 0 Å². The molecule has 0 spiro atoms. The molecular formula is C19H18N3+. The maximum absolute atomic E-state index is 4.76. The van der Waals surface area contributed by atoms with Gasteiger partial charge in [0.2, 0.25) is 0 Å². The first kappa shape index (κ1) is 13.1. The lowest BCUT2D eigenvalue weighted by Crippen LogP contribution is -2.37. The van der Waals surface area contributed by atoms with Gasteiger partial charge in [-0.1, -0.05) is 23.8 Å². The van der Waals surface area contributed by atoms with E-state index in [2.05, 4.69) is 54.7 Å². The summed E-state index contributed by atoms with van der Waals surface area (Å²) in [6, 6.07) is 10.6. The highest BCUT2D eigenvalue weighted by atomic mass is 15.0. The number of hydrogen-bond donors (Lipinski definition) is 0. The molecule has 2 heterocycles. The Hall–Kier alpha value is -2.55. The van der Waals surface area contributed by atoms with Crippen LogP contribution in [0.3, 0.4) is 0 Å². The van der Waals surface area contributed by atoms with Gasteiger partial charge in [0.15, 0.2) is 6.20 Å². The molecule has 0 unspecified atom stereocenters. The molecule has 3 nitrogen and oxygen atoms in total. The van der Waals surface area contributed by atoms with Gasteiger partial charge in [-0.05, 0) is 36.5 Å². The molecule has 0 saturated carbocycles. The van der Waals surface area contributed by atoms with Crippen LogP contribution in [0.1, 0.15) is 22.5 Å². The lowest BCUT2D eigenvalue weighted by atomic mass is 10.0. The molecule has 0 aliphatic heterocycles. The predicted octanol–water partition coefficient (Wildman–Crippen LogP) is 3.16. The van der Waals surface area contributed by atoms with Crippen molar-refractivity contribution in [1.82, 2.24) is 9.97 Å². The number of aromatic nitrogens is 3. The van der Waals surface area contributed by atoms with E-state index in [1.54, 1.807) is 0 Å². The minimum Gasteiger partial charge on any atom is -0.260 e. The second kappa shape index (κ2) is 4.73. The maximum Gasteiger partial charge on any atom is 0.330 e. The fourth-order valence-corrected chi connectivity index (χ4v) is 3.24. The zero-order valence-corrected chi connectivity index (χ0v) is 13.1. The zero-order valence-electron chi connectivity index (χ0n) is 13.1. The summed E-state index contributed by atoms with van der Waals surface area (Å²) in [5, 5.41) is 0. The van der Waals surface area contributed by atoms with E-state index in [-0.39, 0.29) is 0 Å². The van der Waals surface area contributed by atoms with Gasteiger partial charge in [-0.25, -0.2) is 4.57 Å². The van der Waals surface area contributed by atoms with Crippen LogP contribution in [-0.4, -0.2) is 9.97 Å². The molecule has 0 saturated heterocycles. The van der Waals surface area contributed by atoms with Crippen LogP contribution >= 0.6 is 0 Å². The lowest BCUT2D eigenvalue weighted by molar-refractivity contribution is -0.669. The van der Waals surface area contributed by atoms with E-state index >= 15 is 0 Å². The second-order valence-corrected chi connectivity index (χ2v) is 5.99. The summed E-state index contributed by atoms with van der Waals surface area (Å²) in [5.74, 6) is 1.02. The summed E-state index contributed by atoms with van der Waals surface area (Å²) in [6.07, 6.45) is 4.74. The second-order valence-electron chi connectivity index (χ2n) is 5.99. The molecule has 0 N–H and O–H groups in total. The number of rotatable bonds is 1. The fourth-order valence-electron chi connectivity index (χ4n) is 3.24. The molecule has 0 fully saturated rings. The van der Waals surface area contributed by atoms with Crippen LogP contribution < -0.4 is 4.57 Å². The molecule has 0 amide bonds. The minimum atomic E-state index is 0.877. The highest BCUT2D eigenvalue weighted by molar-refractivity contribution is 5.72. The molecule has 22 heavy (non-hydrogen) atoms. The topological polar surface area (TPSA) is 29.7 Å². The molecule has 1 aromatic carbocycles. The van der Waals surface area contributed by atoms with E-state index in [4.69, 9.17) is 4.98 Å². The minimum absolute atomic E-state index is 0.877. The summed E-state index contributed by atoms with van der Waals surface area (Å²) < 4.78 is 2.22. The smallest absolute Gasteiger partial charge is 0.260 e. The van der Waals surface area contributed by atoms with E-state index < -0.39 is 0 Å². The largest absolute Gasteiger partial charge is 0.330 e. The highest BCUT2D eigenvalue weighted by Crippen LogP contribution is 2.33. The SMILES string of the molecule is Cc1ccc(C)c(-c2ncc3c([n+]2C)Cc2ncccc2-3)c1. The van der Waals surface area contributed by atoms with Crippen molar-refractivity contribution in [2.24, 2.45) is 7.05 Å². The molecule has 108 valence electrons. The first-order valence-corrected chi connectivity index (χ1v) is 7.55. The molecule has 0 radical (unpaired) electrons. The first-order valence-electron chi connectivity index (χ1n) is 7.55. The fraction of sp³-hybridized carbons (Fsp3) is 0.211. The third-order valence-corrected chi connectivity index (χ3v) is 4.50. The number of aryl methyl sites for hydroxylation is 2. The van der Waals surface area contributed by atoms with Crippen molar-refractivity contribution in [3.63, 3.8) is 0 Å². The molecule has 0 bridgehead atoms. The predicted molar refractivity (Wildman–Crippen MR) is 86.4 cm³/mol. The average Bonchev–Trinajstić information content (AvgIpc) is 2.90. The normalized spacial score (nSPS) is 12.1. The van der Waals surface area contributed by atoms with Crippen LogP contribution in [-0.2, 0) is 13.5 Å². The molecule has 3 heteroatoms. The van der Waals surface area contributed by atoms with Gasteiger partial charge in [-0.3, -0.25) is 4.98 Å². The van der Waals surface area contributed by atoms with Crippen molar-refractivity contribution in [2.45, 2.75) is 20.3 Å². The molecule has 0 atom stereocenters. The van der Waals surface area contributed by atoms with Gasteiger partial charge in [-0.2, -0.15) is 0 Å². The molecular weight excluding hydrogens is 270 g/mol. The standard InChI is InChI=1S/C19H18N3/c1-12-6-7-13(2)15(9-12)19-21-11-16-14-5-4-8-20-17(14)10-18(16)22(19)3/h4-9,11H,10H2,1-3H3/q+1. The van der Waals surface area contributed by atoms with Gasteiger partial charge in [0.25, 0.3) is 0 Å². The molecule has 3 aromatic rings. The molecule has 4 rings (SSSR count). The van der Waals surface area contributed by atoms with Crippen LogP contribution in [0.15, 0.2) is 42.7 Å². The summed E-state index contributed by atoms with van der Waals surface area (Å²) >= 11 is 0. The third kappa shape index (κ3) is 1.86. The molecule has 1 aliphatic carbocycles. The zero-order chi connectivity index (χ0) is 15.3. The van der Waals surface area contributed by atoms with Crippen LogP contribution in [0.2, 0.25) is 0 Å². The van der Waals surface area contributed by atoms with E-state index in [1.165, 1.54) is 33.5 Å². The van der Waals surface area contributed by atoms with Crippen LogP contribution in [0.25, 0.3) is 22.5 Å². The van der Waals surface area contributed by atoms with E-state index in [0.29, 0.717) is 0 Å². The number of benzene rings is 1. The van der Waals surface area contributed by atoms with Crippen molar-refractivity contribution >= 4 is 0 Å². The summed E-state index contributed by atoms with van der Waals surface area (Å²) in [6.45, 7) is 4.26. The van der Waals surface area contributed by atoms with E-state index in [1.807, 2.05) is 18.5 Å². The number of nitrogens with zero attached hydrogens (tertiary/aromatic N) is 3. The lowest BCUT2D eigenvalue weighted by Gasteiger charge is -2.07.